The normalized spacial score (nSPS) is 12.8. The molecule has 1 aromatic heterocycles. The molecule has 0 aliphatic rings. The van der Waals surface area contributed by atoms with Crippen LogP contribution in [0.1, 0.15) is 71.4 Å². The van der Waals surface area contributed by atoms with Crippen LogP contribution >= 0.6 is 0 Å². The van der Waals surface area contributed by atoms with Crippen LogP contribution in [0.4, 0.5) is 0 Å². The molecule has 1 rings (SSSR count). The van der Waals surface area contributed by atoms with E-state index < -0.39 is 0 Å². The van der Waals surface area contributed by atoms with Crippen molar-refractivity contribution in [2.75, 3.05) is 0 Å². The summed E-state index contributed by atoms with van der Waals surface area (Å²) in [4.78, 5) is 0. The zero-order valence-electron chi connectivity index (χ0n) is 12.4. The summed E-state index contributed by atoms with van der Waals surface area (Å²) in [5.41, 5.74) is 1.15. The largest absolute Gasteiger partial charge is 0.252 e. The molecule has 0 radical (unpaired) electrons. The fourth-order valence-electron chi connectivity index (χ4n) is 2.23. The van der Waals surface area contributed by atoms with Crippen LogP contribution in [-0.4, -0.2) is 15.0 Å². The lowest BCUT2D eigenvalue weighted by atomic mass is 10.0. The van der Waals surface area contributed by atoms with Crippen LogP contribution in [0.5, 0.6) is 0 Å². The number of aryl methyl sites for hydroxylation is 1. The standard InChI is InChI=1S/C15H29N3/c1-4-6-8-9-10-14(3)12-18-13-15(16-17-18)11-7-5-2/h13-14H,4-12H2,1-3H3. The number of rotatable bonds is 10. The van der Waals surface area contributed by atoms with Gasteiger partial charge >= 0.3 is 0 Å². The molecule has 0 aromatic carbocycles. The van der Waals surface area contributed by atoms with Crippen LogP contribution in [0, 0.1) is 5.92 Å². The second kappa shape index (κ2) is 9.12. The molecular weight excluding hydrogens is 222 g/mol. The van der Waals surface area contributed by atoms with Gasteiger partial charge in [-0.2, -0.15) is 0 Å². The number of hydrogen-bond donors (Lipinski definition) is 0. The molecule has 0 spiro atoms. The second-order valence-electron chi connectivity index (χ2n) is 5.49. The molecule has 0 aliphatic heterocycles. The Kier molecular flexibility index (Phi) is 7.70. The van der Waals surface area contributed by atoms with Crippen molar-refractivity contribution < 1.29 is 0 Å². The molecular formula is C15H29N3. The summed E-state index contributed by atoms with van der Waals surface area (Å²) in [6.45, 7) is 7.81. The molecule has 3 heteroatoms. The number of unbranched alkanes of at least 4 members (excludes halogenated alkanes) is 4. The topological polar surface area (TPSA) is 30.7 Å². The van der Waals surface area contributed by atoms with Crippen molar-refractivity contribution in [3.8, 4) is 0 Å². The molecule has 18 heavy (non-hydrogen) atoms. The molecule has 104 valence electrons. The summed E-state index contributed by atoms with van der Waals surface area (Å²) < 4.78 is 2.02. The number of nitrogens with zero attached hydrogens (tertiary/aromatic N) is 3. The van der Waals surface area contributed by atoms with Crippen LogP contribution in [-0.2, 0) is 13.0 Å². The first-order valence-electron chi connectivity index (χ1n) is 7.65. The lowest BCUT2D eigenvalue weighted by Gasteiger charge is -2.10. The van der Waals surface area contributed by atoms with E-state index in [1.54, 1.807) is 0 Å². The first-order valence-corrected chi connectivity index (χ1v) is 7.65. The van der Waals surface area contributed by atoms with Gasteiger partial charge in [-0.15, -0.1) is 5.10 Å². The number of hydrogen-bond acceptors (Lipinski definition) is 2. The molecule has 0 saturated heterocycles. The average molecular weight is 251 g/mol. The van der Waals surface area contributed by atoms with Crippen LogP contribution < -0.4 is 0 Å². The summed E-state index contributed by atoms with van der Waals surface area (Å²) in [5, 5.41) is 8.45. The Bertz CT molecular complexity index is 306. The highest BCUT2D eigenvalue weighted by Gasteiger charge is 2.06. The third-order valence-electron chi connectivity index (χ3n) is 3.42. The molecule has 0 saturated carbocycles. The highest BCUT2D eigenvalue weighted by molar-refractivity contribution is 4.92. The predicted molar refractivity (Wildman–Crippen MR) is 76.6 cm³/mol. The minimum atomic E-state index is 0.711. The first-order chi connectivity index (χ1) is 8.76. The first kappa shape index (κ1) is 15.2. The third kappa shape index (κ3) is 6.18. The van der Waals surface area contributed by atoms with E-state index in [4.69, 9.17) is 0 Å². The van der Waals surface area contributed by atoms with Crippen molar-refractivity contribution >= 4 is 0 Å². The Morgan fingerprint density at radius 2 is 1.89 bits per heavy atom. The molecule has 0 aliphatic carbocycles. The smallest absolute Gasteiger partial charge is 0.0827 e. The van der Waals surface area contributed by atoms with E-state index >= 15 is 0 Å². The van der Waals surface area contributed by atoms with Gasteiger partial charge in [0.25, 0.3) is 0 Å². The Balaban J connectivity index is 2.22. The molecule has 1 aromatic rings. The molecule has 0 N–H and O–H groups in total. The average Bonchev–Trinajstić information content (AvgIpc) is 2.80. The van der Waals surface area contributed by atoms with E-state index in [0.29, 0.717) is 5.92 Å². The van der Waals surface area contributed by atoms with Crippen molar-refractivity contribution in [2.45, 2.75) is 78.7 Å². The van der Waals surface area contributed by atoms with Gasteiger partial charge in [0.15, 0.2) is 0 Å². The lowest BCUT2D eigenvalue weighted by molar-refractivity contribution is 0.400. The lowest BCUT2D eigenvalue weighted by Crippen LogP contribution is -2.08. The van der Waals surface area contributed by atoms with Crippen molar-refractivity contribution in [3.05, 3.63) is 11.9 Å². The summed E-state index contributed by atoms with van der Waals surface area (Å²) in [6.07, 6.45) is 12.4. The maximum atomic E-state index is 4.23. The zero-order chi connectivity index (χ0) is 13.2. The maximum absolute atomic E-state index is 4.23. The highest BCUT2D eigenvalue weighted by Crippen LogP contribution is 2.12. The fourth-order valence-corrected chi connectivity index (χ4v) is 2.23. The van der Waals surface area contributed by atoms with Crippen LogP contribution in [0.15, 0.2) is 6.20 Å². The maximum Gasteiger partial charge on any atom is 0.0827 e. The van der Waals surface area contributed by atoms with E-state index in [0.717, 1.165) is 18.7 Å². The predicted octanol–water partition coefficient (Wildman–Crippen LogP) is 4.23. The molecule has 0 bridgehead atoms. The van der Waals surface area contributed by atoms with E-state index in [1.807, 2.05) is 4.68 Å². The second-order valence-corrected chi connectivity index (χ2v) is 5.49. The van der Waals surface area contributed by atoms with Gasteiger partial charge in [0, 0.05) is 12.7 Å². The molecule has 1 unspecified atom stereocenters. The van der Waals surface area contributed by atoms with Crippen molar-refractivity contribution in [3.63, 3.8) is 0 Å². The van der Waals surface area contributed by atoms with Crippen LogP contribution in [0.25, 0.3) is 0 Å². The monoisotopic (exact) mass is 251 g/mol. The summed E-state index contributed by atoms with van der Waals surface area (Å²) in [6, 6.07) is 0. The molecule has 0 fully saturated rings. The zero-order valence-corrected chi connectivity index (χ0v) is 12.4. The summed E-state index contributed by atoms with van der Waals surface area (Å²) >= 11 is 0. The van der Waals surface area contributed by atoms with Gasteiger partial charge in [0.2, 0.25) is 0 Å². The Hall–Kier alpha value is -0.860. The van der Waals surface area contributed by atoms with Gasteiger partial charge in [-0.3, -0.25) is 4.68 Å². The van der Waals surface area contributed by atoms with Crippen LogP contribution in [0.3, 0.4) is 0 Å². The van der Waals surface area contributed by atoms with Gasteiger partial charge in [0.1, 0.15) is 0 Å². The number of aromatic nitrogens is 3. The van der Waals surface area contributed by atoms with E-state index in [1.165, 1.54) is 44.9 Å². The van der Waals surface area contributed by atoms with Gasteiger partial charge in [-0.25, -0.2) is 0 Å². The minimum Gasteiger partial charge on any atom is -0.252 e. The van der Waals surface area contributed by atoms with E-state index in [9.17, 15) is 0 Å². The molecule has 1 atom stereocenters. The quantitative estimate of drug-likeness (QED) is 0.583. The third-order valence-corrected chi connectivity index (χ3v) is 3.42. The van der Waals surface area contributed by atoms with Crippen molar-refractivity contribution in [2.24, 2.45) is 5.92 Å². The minimum absolute atomic E-state index is 0.711. The fraction of sp³-hybridized carbons (Fsp3) is 0.867. The Morgan fingerprint density at radius 3 is 2.61 bits per heavy atom. The van der Waals surface area contributed by atoms with Gasteiger partial charge in [-0.1, -0.05) is 58.1 Å². The summed E-state index contributed by atoms with van der Waals surface area (Å²) in [7, 11) is 0. The van der Waals surface area contributed by atoms with E-state index in [-0.39, 0.29) is 0 Å². The molecule has 3 nitrogen and oxygen atoms in total. The molecule has 0 amide bonds. The van der Waals surface area contributed by atoms with Crippen molar-refractivity contribution in [1.82, 2.24) is 15.0 Å². The molecule has 1 heterocycles. The van der Waals surface area contributed by atoms with E-state index in [2.05, 4.69) is 37.3 Å². The van der Waals surface area contributed by atoms with Crippen molar-refractivity contribution in [1.29, 1.82) is 0 Å². The highest BCUT2D eigenvalue weighted by atomic mass is 15.4. The Morgan fingerprint density at radius 1 is 1.11 bits per heavy atom. The Labute approximate surface area is 112 Å². The van der Waals surface area contributed by atoms with Gasteiger partial charge < -0.3 is 0 Å². The SMILES string of the molecule is CCCCCCC(C)Cn1cc(CCCC)nn1. The van der Waals surface area contributed by atoms with Gasteiger partial charge in [-0.05, 0) is 25.2 Å². The summed E-state index contributed by atoms with van der Waals surface area (Å²) in [5.74, 6) is 0.711. The van der Waals surface area contributed by atoms with Gasteiger partial charge in [0.05, 0.1) is 5.69 Å². The van der Waals surface area contributed by atoms with Crippen LogP contribution in [0.2, 0.25) is 0 Å².